The Bertz CT molecular complexity index is 929. The third-order valence-electron chi connectivity index (χ3n) is 5.57. The normalized spacial score (nSPS) is 16.6. The molecule has 164 valence electrons. The molecule has 6 nitrogen and oxygen atoms in total. The van der Waals surface area contributed by atoms with Gasteiger partial charge in [0.1, 0.15) is 5.75 Å². The third-order valence-corrected chi connectivity index (χ3v) is 6.91. The Balaban J connectivity index is 1.24. The second kappa shape index (κ2) is 10.8. The first-order chi connectivity index (χ1) is 15.2. The molecule has 1 aliphatic rings. The lowest BCUT2D eigenvalue weighted by molar-refractivity contribution is 0.0575. The van der Waals surface area contributed by atoms with Crippen molar-refractivity contribution in [3.63, 3.8) is 0 Å². The number of aromatic nitrogens is 2. The predicted octanol–water partition coefficient (Wildman–Crippen LogP) is 4.70. The molecule has 1 amide bonds. The number of carbonyl (C=O) groups excluding carboxylic acids is 1. The molecule has 0 unspecified atom stereocenters. The molecule has 31 heavy (non-hydrogen) atoms. The van der Waals surface area contributed by atoms with Crippen LogP contribution in [0, 0.1) is 0 Å². The molecule has 1 atom stereocenters. The second-order valence-electron chi connectivity index (χ2n) is 7.97. The van der Waals surface area contributed by atoms with Crippen LogP contribution in [0.2, 0.25) is 0 Å². The molecule has 1 aromatic carbocycles. The molecule has 0 spiro atoms. The van der Waals surface area contributed by atoms with Gasteiger partial charge < -0.3 is 9.64 Å². The number of hydrogen-bond acceptors (Lipinski definition) is 7. The minimum absolute atomic E-state index is 0.00512. The second-order valence-corrected chi connectivity index (χ2v) is 9.56. The lowest BCUT2D eigenvalue weighted by Gasteiger charge is -2.35. The van der Waals surface area contributed by atoms with Crippen LogP contribution in [0.3, 0.4) is 0 Å². The summed E-state index contributed by atoms with van der Waals surface area (Å²) in [6, 6.07) is 12.8. The van der Waals surface area contributed by atoms with Crippen LogP contribution >= 0.6 is 23.1 Å². The van der Waals surface area contributed by atoms with Crippen molar-refractivity contribution in [2.24, 2.45) is 0 Å². The van der Waals surface area contributed by atoms with Crippen molar-refractivity contribution in [3.8, 4) is 5.75 Å². The molecule has 3 aromatic rings. The van der Waals surface area contributed by atoms with Gasteiger partial charge in [-0.3, -0.25) is 9.69 Å². The molecule has 0 radical (unpaired) electrons. The minimum atomic E-state index is -0.00512. The lowest BCUT2D eigenvalue weighted by Crippen LogP contribution is -2.44. The van der Waals surface area contributed by atoms with Gasteiger partial charge >= 0.3 is 0 Å². The molecule has 0 saturated carbocycles. The molecule has 4 rings (SSSR count). The van der Waals surface area contributed by atoms with Crippen LogP contribution in [0.15, 0.2) is 48.0 Å². The number of rotatable bonds is 9. The van der Waals surface area contributed by atoms with Gasteiger partial charge in [-0.2, -0.15) is 8.75 Å². The maximum absolute atomic E-state index is 12.7. The molecule has 0 N–H and O–H groups in total. The predicted molar refractivity (Wildman–Crippen MR) is 125 cm³/mol. The molecule has 1 aliphatic heterocycles. The minimum Gasteiger partial charge on any atom is -0.494 e. The van der Waals surface area contributed by atoms with Crippen LogP contribution < -0.4 is 4.74 Å². The van der Waals surface area contributed by atoms with Gasteiger partial charge in [-0.1, -0.05) is 18.2 Å². The third kappa shape index (κ3) is 6.12. The maximum Gasteiger partial charge on any atom is 0.275 e. The van der Waals surface area contributed by atoms with Gasteiger partial charge in [-0.25, -0.2) is 0 Å². The van der Waals surface area contributed by atoms with Gasteiger partial charge in [0.25, 0.3) is 5.91 Å². The average Bonchev–Trinajstić information content (AvgIpc) is 3.49. The van der Waals surface area contributed by atoms with Crippen molar-refractivity contribution in [1.82, 2.24) is 18.5 Å². The fourth-order valence-corrected chi connectivity index (χ4v) is 5.21. The van der Waals surface area contributed by atoms with E-state index in [0.717, 1.165) is 62.8 Å². The average molecular weight is 457 g/mol. The van der Waals surface area contributed by atoms with Gasteiger partial charge in [0.15, 0.2) is 5.69 Å². The summed E-state index contributed by atoms with van der Waals surface area (Å²) in [6.07, 6.45) is 5.60. The molecule has 3 heterocycles. The van der Waals surface area contributed by atoms with Crippen molar-refractivity contribution in [3.05, 3.63) is 64.1 Å². The Morgan fingerprint density at radius 2 is 2.10 bits per heavy atom. The van der Waals surface area contributed by atoms with Gasteiger partial charge in [-0.15, -0.1) is 11.3 Å². The highest BCUT2D eigenvalue weighted by molar-refractivity contribution is 7.09. The summed E-state index contributed by atoms with van der Waals surface area (Å²) in [7, 11) is 2.14. The van der Waals surface area contributed by atoms with E-state index >= 15 is 0 Å². The molecule has 2 aromatic heterocycles. The molecule has 1 fully saturated rings. The van der Waals surface area contributed by atoms with Gasteiger partial charge in [-0.05, 0) is 55.5 Å². The van der Waals surface area contributed by atoms with Crippen molar-refractivity contribution in [2.45, 2.75) is 44.8 Å². The van der Waals surface area contributed by atoms with E-state index in [0.29, 0.717) is 12.3 Å². The Morgan fingerprint density at radius 1 is 1.23 bits per heavy atom. The maximum atomic E-state index is 12.7. The zero-order chi connectivity index (χ0) is 21.5. The number of amides is 1. The molecular weight excluding hydrogens is 428 g/mol. The van der Waals surface area contributed by atoms with E-state index in [1.54, 1.807) is 17.5 Å². The SMILES string of the molecule is CN(Cc1ccc(OCC[C@H]2CCCCN2C(=O)c2cnsn2)cc1)Cc1cccs1. The van der Waals surface area contributed by atoms with E-state index in [4.69, 9.17) is 4.74 Å². The largest absolute Gasteiger partial charge is 0.494 e. The van der Waals surface area contributed by atoms with E-state index in [-0.39, 0.29) is 11.9 Å². The lowest BCUT2D eigenvalue weighted by atomic mass is 9.99. The first-order valence-electron chi connectivity index (χ1n) is 10.7. The first-order valence-corrected chi connectivity index (χ1v) is 12.3. The van der Waals surface area contributed by atoms with Crippen molar-refractivity contribution >= 4 is 29.0 Å². The van der Waals surface area contributed by atoms with E-state index in [2.05, 4.69) is 50.3 Å². The summed E-state index contributed by atoms with van der Waals surface area (Å²) in [5, 5.41) is 2.12. The van der Waals surface area contributed by atoms with Crippen LogP contribution in [-0.2, 0) is 13.1 Å². The number of ether oxygens (including phenoxy) is 1. The molecule has 0 aliphatic carbocycles. The highest BCUT2D eigenvalue weighted by Gasteiger charge is 2.28. The Morgan fingerprint density at radius 3 is 2.84 bits per heavy atom. The van der Waals surface area contributed by atoms with Crippen molar-refractivity contribution in [1.29, 1.82) is 0 Å². The van der Waals surface area contributed by atoms with E-state index in [9.17, 15) is 4.79 Å². The van der Waals surface area contributed by atoms with Gasteiger partial charge in [0.2, 0.25) is 0 Å². The Hall–Kier alpha value is -2.29. The molecular formula is C23H28N4O2S2. The number of likely N-dealkylation sites (tertiary alicyclic amines) is 1. The monoisotopic (exact) mass is 456 g/mol. The fraction of sp³-hybridized carbons (Fsp3) is 0.435. The smallest absolute Gasteiger partial charge is 0.275 e. The van der Waals surface area contributed by atoms with Crippen LogP contribution in [0.1, 0.15) is 46.6 Å². The summed E-state index contributed by atoms with van der Waals surface area (Å²) in [6.45, 7) is 3.25. The highest BCUT2D eigenvalue weighted by Crippen LogP contribution is 2.23. The molecule has 8 heteroatoms. The van der Waals surface area contributed by atoms with E-state index in [1.165, 1.54) is 10.4 Å². The number of hydrogen-bond donors (Lipinski definition) is 0. The number of nitrogens with zero attached hydrogens (tertiary/aromatic N) is 4. The summed E-state index contributed by atoms with van der Waals surface area (Å²) in [5.74, 6) is 0.872. The topological polar surface area (TPSA) is 58.6 Å². The molecule has 0 bridgehead atoms. The zero-order valence-corrected chi connectivity index (χ0v) is 19.4. The van der Waals surface area contributed by atoms with Gasteiger partial charge in [0.05, 0.1) is 24.5 Å². The van der Waals surface area contributed by atoms with Crippen LogP contribution in [0.25, 0.3) is 0 Å². The van der Waals surface area contributed by atoms with Crippen LogP contribution in [0.5, 0.6) is 5.75 Å². The quantitative estimate of drug-likeness (QED) is 0.467. The zero-order valence-electron chi connectivity index (χ0n) is 17.8. The van der Waals surface area contributed by atoms with E-state index in [1.807, 2.05) is 17.0 Å². The van der Waals surface area contributed by atoms with Crippen molar-refractivity contribution < 1.29 is 9.53 Å². The number of piperidine rings is 1. The summed E-state index contributed by atoms with van der Waals surface area (Å²) < 4.78 is 14.1. The number of benzene rings is 1. The van der Waals surface area contributed by atoms with Gasteiger partial charge in [0, 0.05) is 37.0 Å². The molecule has 1 saturated heterocycles. The Kier molecular flexibility index (Phi) is 7.66. The summed E-state index contributed by atoms with van der Waals surface area (Å²) in [4.78, 5) is 18.4. The van der Waals surface area contributed by atoms with Crippen LogP contribution in [0.4, 0.5) is 0 Å². The highest BCUT2D eigenvalue weighted by atomic mass is 32.1. The van der Waals surface area contributed by atoms with Crippen molar-refractivity contribution in [2.75, 3.05) is 20.2 Å². The number of thiophene rings is 1. The first kappa shape index (κ1) is 21.9. The number of carbonyl (C=O) groups is 1. The summed E-state index contributed by atoms with van der Waals surface area (Å²) >= 11 is 2.87. The standard InChI is InChI=1S/C23H28N4O2S2/c1-26(17-21-6-4-14-30-21)16-18-7-9-20(10-8-18)29-13-11-19-5-2-3-12-27(19)23(28)22-15-24-31-25-22/h4,6-10,14-15,19H,2-3,5,11-13,16-17H2,1H3/t19-/m1/s1. The Labute approximate surface area is 191 Å². The summed E-state index contributed by atoms with van der Waals surface area (Å²) in [5.41, 5.74) is 1.73. The van der Waals surface area contributed by atoms with Crippen LogP contribution in [-0.4, -0.2) is 50.7 Å². The fourth-order valence-electron chi connectivity index (χ4n) is 4.01. The van der Waals surface area contributed by atoms with E-state index < -0.39 is 0 Å².